The highest BCUT2D eigenvalue weighted by Gasteiger charge is 2.31. The van der Waals surface area contributed by atoms with Crippen molar-refractivity contribution in [2.75, 3.05) is 31.2 Å². The first kappa shape index (κ1) is 14.9. The maximum Gasteiger partial charge on any atom is 0.252 e. The molecule has 6 nitrogen and oxygen atoms in total. The van der Waals surface area contributed by atoms with Gasteiger partial charge in [0.2, 0.25) is 0 Å². The summed E-state index contributed by atoms with van der Waals surface area (Å²) in [7, 11) is -6.70. The van der Waals surface area contributed by atoms with E-state index in [1.165, 1.54) is 10.4 Å². The van der Waals surface area contributed by atoms with Gasteiger partial charge < -0.3 is 5.11 Å². The van der Waals surface area contributed by atoms with Crippen molar-refractivity contribution in [3.8, 4) is 0 Å². The van der Waals surface area contributed by atoms with Crippen LogP contribution in [0.3, 0.4) is 0 Å². The second-order valence-corrected chi connectivity index (χ2v) is 9.89. The second-order valence-electron chi connectivity index (χ2n) is 4.25. The molecule has 0 unspecified atom stereocenters. The lowest BCUT2D eigenvalue weighted by Gasteiger charge is -2.25. The average Bonchev–Trinajstić information content (AvgIpc) is 2.78. The van der Waals surface area contributed by atoms with Gasteiger partial charge in [0, 0.05) is 31.0 Å². The summed E-state index contributed by atoms with van der Waals surface area (Å²) in [5, 5.41) is 8.82. The SMILES string of the molecule is O=S1(=O)CCN(S(=O)(=O)c2ccc(CCO)s2)CC1. The Kier molecular flexibility index (Phi) is 4.31. The van der Waals surface area contributed by atoms with Crippen molar-refractivity contribution in [1.29, 1.82) is 0 Å². The molecule has 0 amide bonds. The molecule has 9 heteroatoms. The van der Waals surface area contributed by atoms with Gasteiger partial charge in [-0.25, -0.2) is 16.8 Å². The molecule has 108 valence electrons. The molecule has 0 bridgehead atoms. The van der Waals surface area contributed by atoms with Crippen LogP contribution in [0.25, 0.3) is 0 Å². The van der Waals surface area contributed by atoms with Gasteiger partial charge in [-0.1, -0.05) is 0 Å². The number of sulfone groups is 1. The topological polar surface area (TPSA) is 91.8 Å². The van der Waals surface area contributed by atoms with Crippen LogP contribution in [0, 0.1) is 0 Å². The van der Waals surface area contributed by atoms with Crippen LogP contribution in [0.5, 0.6) is 0 Å². The number of hydrogen-bond donors (Lipinski definition) is 1. The zero-order valence-corrected chi connectivity index (χ0v) is 12.6. The number of rotatable bonds is 4. The molecule has 1 fully saturated rings. The third-order valence-electron chi connectivity index (χ3n) is 2.89. The summed E-state index contributed by atoms with van der Waals surface area (Å²) < 4.78 is 48.6. The van der Waals surface area contributed by atoms with Crippen LogP contribution >= 0.6 is 11.3 Å². The van der Waals surface area contributed by atoms with Gasteiger partial charge in [-0.15, -0.1) is 11.3 Å². The van der Waals surface area contributed by atoms with Gasteiger partial charge in [-0.3, -0.25) is 0 Å². The van der Waals surface area contributed by atoms with E-state index in [0.29, 0.717) is 6.42 Å². The third kappa shape index (κ3) is 3.34. The molecule has 0 aromatic carbocycles. The van der Waals surface area contributed by atoms with Crippen molar-refractivity contribution in [2.24, 2.45) is 0 Å². The first-order valence-corrected chi connectivity index (χ1v) is 9.83. The van der Waals surface area contributed by atoms with Crippen molar-refractivity contribution in [3.63, 3.8) is 0 Å². The fourth-order valence-electron chi connectivity index (χ4n) is 1.80. The highest BCUT2D eigenvalue weighted by molar-refractivity contribution is 7.92. The van der Waals surface area contributed by atoms with Crippen LogP contribution in [0.4, 0.5) is 0 Å². The zero-order chi connectivity index (χ0) is 14.1. The summed E-state index contributed by atoms with van der Waals surface area (Å²) in [6.45, 7) is -0.00222. The van der Waals surface area contributed by atoms with E-state index < -0.39 is 19.9 Å². The van der Waals surface area contributed by atoms with Gasteiger partial charge in [-0.05, 0) is 12.1 Å². The maximum absolute atomic E-state index is 12.3. The molecule has 0 aliphatic carbocycles. The van der Waals surface area contributed by atoms with E-state index in [2.05, 4.69) is 0 Å². The molecule has 1 saturated heterocycles. The monoisotopic (exact) mass is 325 g/mol. The van der Waals surface area contributed by atoms with Crippen LogP contribution in [-0.2, 0) is 26.3 Å². The Morgan fingerprint density at radius 1 is 1.26 bits per heavy atom. The van der Waals surface area contributed by atoms with Crippen LogP contribution in [-0.4, -0.2) is 57.4 Å². The Bertz CT molecular complexity index is 632. The fourth-order valence-corrected chi connectivity index (χ4v) is 6.18. The molecule has 2 rings (SSSR count). The third-order valence-corrected chi connectivity index (χ3v) is 8.01. The largest absolute Gasteiger partial charge is 0.396 e. The Balaban J connectivity index is 2.18. The molecule has 0 atom stereocenters. The first-order chi connectivity index (χ1) is 8.85. The maximum atomic E-state index is 12.3. The van der Waals surface area contributed by atoms with E-state index in [0.717, 1.165) is 16.2 Å². The second kappa shape index (κ2) is 5.49. The quantitative estimate of drug-likeness (QED) is 0.821. The summed E-state index contributed by atoms with van der Waals surface area (Å²) in [5.74, 6) is -0.248. The normalized spacial score (nSPS) is 20.5. The van der Waals surface area contributed by atoms with Gasteiger partial charge in [-0.2, -0.15) is 4.31 Å². The average molecular weight is 325 g/mol. The lowest BCUT2D eigenvalue weighted by atomic mass is 10.4. The molecule has 1 aliphatic rings. The van der Waals surface area contributed by atoms with Gasteiger partial charge in [0.05, 0.1) is 11.5 Å². The van der Waals surface area contributed by atoms with Crippen molar-refractivity contribution in [2.45, 2.75) is 10.6 Å². The minimum Gasteiger partial charge on any atom is -0.396 e. The molecule has 2 heterocycles. The summed E-state index contributed by atoms with van der Waals surface area (Å²) in [5.41, 5.74) is 0. The molecular weight excluding hydrogens is 310 g/mol. The molecule has 0 saturated carbocycles. The Morgan fingerprint density at radius 3 is 2.47 bits per heavy atom. The Labute approximate surface area is 116 Å². The number of nitrogens with zero attached hydrogens (tertiary/aromatic N) is 1. The summed E-state index contributed by atoms with van der Waals surface area (Å²) >= 11 is 1.12. The fraction of sp³-hybridized carbons (Fsp3) is 0.600. The Morgan fingerprint density at radius 2 is 1.89 bits per heavy atom. The lowest BCUT2D eigenvalue weighted by Crippen LogP contribution is -2.43. The van der Waals surface area contributed by atoms with E-state index in [9.17, 15) is 16.8 Å². The molecule has 1 aromatic heterocycles. The van der Waals surface area contributed by atoms with E-state index >= 15 is 0 Å². The predicted molar refractivity (Wildman–Crippen MR) is 72.5 cm³/mol. The molecule has 19 heavy (non-hydrogen) atoms. The highest BCUT2D eigenvalue weighted by Crippen LogP contribution is 2.26. The minimum atomic E-state index is -3.60. The van der Waals surface area contributed by atoms with Crippen LogP contribution in [0.1, 0.15) is 4.88 Å². The van der Waals surface area contributed by atoms with Gasteiger partial charge in [0.1, 0.15) is 4.21 Å². The smallest absolute Gasteiger partial charge is 0.252 e. The number of thiophene rings is 1. The van der Waals surface area contributed by atoms with Crippen molar-refractivity contribution >= 4 is 31.2 Å². The van der Waals surface area contributed by atoms with Crippen LogP contribution in [0.15, 0.2) is 16.3 Å². The lowest BCUT2D eigenvalue weighted by molar-refractivity contribution is 0.300. The molecule has 0 spiro atoms. The molecule has 1 N–H and O–H groups in total. The number of sulfonamides is 1. The van der Waals surface area contributed by atoms with Crippen molar-refractivity contribution in [1.82, 2.24) is 4.31 Å². The Hall–Kier alpha value is -0.480. The van der Waals surface area contributed by atoms with E-state index in [1.54, 1.807) is 6.07 Å². The summed E-state index contributed by atoms with van der Waals surface area (Å²) in [6.07, 6.45) is 0.425. The minimum absolute atomic E-state index is 0.0118. The predicted octanol–water partition coefficient (Wildman–Crippen LogP) is -0.298. The number of aliphatic hydroxyl groups excluding tert-OH is 1. The number of aliphatic hydroxyl groups is 1. The summed E-state index contributed by atoms with van der Waals surface area (Å²) in [4.78, 5) is 0.797. The molecular formula is C10H15NO5S3. The zero-order valence-electron chi connectivity index (χ0n) is 10.1. The van der Waals surface area contributed by atoms with Gasteiger partial charge >= 0.3 is 0 Å². The van der Waals surface area contributed by atoms with Gasteiger partial charge in [0.25, 0.3) is 10.0 Å². The van der Waals surface area contributed by atoms with E-state index in [-0.39, 0.29) is 35.4 Å². The first-order valence-electron chi connectivity index (χ1n) is 5.75. The van der Waals surface area contributed by atoms with Crippen molar-refractivity contribution in [3.05, 3.63) is 17.0 Å². The molecule has 1 aliphatic heterocycles. The molecule has 0 radical (unpaired) electrons. The van der Waals surface area contributed by atoms with E-state index in [1.807, 2.05) is 0 Å². The van der Waals surface area contributed by atoms with Crippen LogP contribution < -0.4 is 0 Å². The molecule has 1 aromatic rings. The van der Waals surface area contributed by atoms with Crippen molar-refractivity contribution < 1.29 is 21.9 Å². The van der Waals surface area contributed by atoms with E-state index in [4.69, 9.17) is 5.11 Å². The number of hydrogen-bond acceptors (Lipinski definition) is 6. The van der Waals surface area contributed by atoms with Crippen LogP contribution in [0.2, 0.25) is 0 Å². The summed E-state index contributed by atoms with van der Waals surface area (Å²) in [6, 6.07) is 3.18. The highest BCUT2D eigenvalue weighted by atomic mass is 32.2. The van der Waals surface area contributed by atoms with Gasteiger partial charge in [0.15, 0.2) is 9.84 Å². The standard InChI is InChI=1S/C10H15NO5S3/c12-6-3-9-1-2-10(17-9)19(15,16)11-4-7-18(13,14)8-5-11/h1-2,12H,3-8H2.